The van der Waals surface area contributed by atoms with Crippen molar-refractivity contribution in [2.45, 2.75) is 6.54 Å². The fourth-order valence-electron chi connectivity index (χ4n) is 1.05. The standard InChI is InChI=1S/C8H9N5OS/c9-7-1-6(12-13-7)8(14)11-3-5-2-10-4-15-5/h1-2,4H,3H2,(H,11,14)(H3,9,12,13). The van der Waals surface area contributed by atoms with E-state index < -0.39 is 0 Å². The summed E-state index contributed by atoms with van der Waals surface area (Å²) in [6, 6.07) is 1.49. The van der Waals surface area contributed by atoms with Crippen molar-refractivity contribution in [1.82, 2.24) is 20.5 Å². The summed E-state index contributed by atoms with van der Waals surface area (Å²) in [6.45, 7) is 0.461. The van der Waals surface area contributed by atoms with Crippen molar-refractivity contribution in [2.24, 2.45) is 0 Å². The van der Waals surface area contributed by atoms with Crippen molar-refractivity contribution in [3.63, 3.8) is 0 Å². The molecule has 0 radical (unpaired) electrons. The zero-order valence-corrected chi connectivity index (χ0v) is 8.54. The quantitative estimate of drug-likeness (QED) is 0.700. The molecule has 15 heavy (non-hydrogen) atoms. The van der Waals surface area contributed by atoms with Gasteiger partial charge >= 0.3 is 0 Å². The van der Waals surface area contributed by atoms with Crippen LogP contribution in [0.2, 0.25) is 0 Å². The Labute approximate surface area is 89.5 Å². The number of hydrogen-bond donors (Lipinski definition) is 3. The van der Waals surface area contributed by atoms with Crippen molar-refractivity contribution in [3.05, 3.63) is 28.3 Å². The van der Waals surface area contributed by atoms with Crippen LogP contribution in [-0.4, -0.2) is 21.1 Å². The lowest BCUT2D eigenvalue weighted by molar-refractivity contribution is 0.0946. The molecule has 0 aromatic carbocycles. The summed E-state index contributed by atoms with van der Waals surface area (Å²) < 4.78 is 0. The van der Waals surface area contributed by atoms with Gasteiger partial charge < -0.3 is 11.1 Å². The predicted octanol–water partition coefficient (Wildman–Crippen LogP) is 0.378. The molecule has 0 saturated carbocycles. The number of carbonyl (C=O) groups excluding carboxylic acids is 1. The van der Waals surface area contributed by atoms with Crippen molar-refractivity contribution in [1.29, 1.82) is 0 Å². The molecule has 1 amide bonds. The Bertz CT molecular complexity index is 449. The van der Waals surface area contributed by atoms with E-state index in [2.05, 4.69) is 20.5 Å². The summed E-state index contributed by atoms with van der Waals surface area (Å²) in [6.07, 6.45) is 1.71. The van der Waals surface area contributed by atoms with Crippen LogP contribution in [0.15, 0.2) is 17.8 Å². The monoisotopic (exact) mass is 223 g/mol. The van der Waals surface area contributed by atoms with Crippen molar-refractivity contribution in [2.75, 3.05) is 5.73 Å². The second-order valence-electron chi connectivity index (χ2n) is 2.86. The fourth-order valence-corrected chi connectivity index (χ4v) is 1.58. The van der Waals surface area contributed by atoms with E-state index in [-0.39, 0.29) is 5.91 Å². The molecule has 7 heteroatoms. The molecule has 0 saturated heterocycles. The Morgan fingerprint density at radius 2 is 2.53 bits per heavy atom. The van der Waals surface area contributed by atoms with E-state index >= 15 is 0 Å². The molecule has 4 N–H and O–H groups in total. The molecule has 78 valence electrons. The fraction of sp³-hybridized carbons (Fsp3) is 0.125. The molecule has 2 rings (SSSR count). The zero-order chi connectivity index (χ0) is 10.7. The summed E-state index contributed by atoms with van der Waals surface area (Å²) in [7, 11) is 0. The van der Waals surface area contributed by atoms with E-state index in [1.807, 2.05) is 0 Å². The number of nitrogens with one attached hydrogen (secondary N) is 2. The maximum atomic E-state index is 11.5. The molecule has 0 unspecified atom stereocenters. The molecule has 0 aliphatic heterocycles. The van der Waals surface area contributed by atoms with Crippen molar-refractivity contribution >= 4 is 23.1 Å². The van der Waals surface area contributed by atoms with Crippen LogP contribution in [0.1, 0.15) is 15.4 Å². The van der Waals surface area contributed by atoms with Crippen LogP contribution < -0.4 is 11.1 Å². The normalized spacial score (nSPS) is 10.1. The van der Waals surface area contributed by atoms with E-state index in [1.54, 1.807) is 11.7 Å². The number of carbonyl (C=O) groups is 1. The minimum Gasteiger partial charge on any atom is -0.382 e. The first-order valence-electron chi connectivity index (χ1n) is 4.22. The lowest BCUT2D eigenvalue weighted by Crippen LogP contribution is -2.22. The van der Waals surface area contributed by atoms with Gasteiger partial charge in [-0.15, -0.1) is 11.3 Å². The second kappa shape index (κ2) is 4.09. The summed E-state index contributed by atoms with van der Waals surface area (Å²) >= 11 is 1.49. The third kappa shape index (κ3) is 2.32. The number of nitrogens with zero attached hydrogens (tertiary/aromatic N) is 2. The van der Waals surface area contributed by atoms with Gasteiger partial charge in [-0.1, -0.05) is 0 Å². The minimum absolute atomic E-state index is 0.229. The Balaban J connectivity index is 1.93. The third-order valence-electron chi connectivity index (χ3n) is 1.75. The average molecular weight is 223 g/mol. The minimum atomic E-state index is -0.229. The Morgan fingerprint density at radius 3 is 3.13 bits per heavy atom. The predicted molar refractivity (Wildman–Crippen MR) is 56.3 cm³/mol. The maximum Gasteiger partial charge on any atom is 0.269 e. The number of anilines is 1. The molecule has 0 aliphatic carbocycles. The van der Waals surface area contributed by atoms with E-state index in [9.17, 15) is 4.79 Å². The zero-order valence-electron chi connectivity index (χ0n) is 7.73. The topological polar surface area (TPSA) is 96.7 Å². The number of aromatic amines is 1. The van der Waals surface area contributed by atoms with Gasteiger partial charge in [0, 0.05) is 17.1 Å². The van der Waals surface area contributed by atoms with Crippen LogP contribution in [0, 0.1) is 0 Å². The number of nitrogens with two attached hydrogens (primary N) is 1. The molecular weight excluding hydrogens is 214 g/mol. The van der Waals surface area contributed by atoms with Gasteiger partial charge in [-0.3, -0.25) is 14.9 Å². The van der Waals surface area contributed by atoms with Crippen LogP contribution in [0.3, 0.4) is 0 Å². The first-order chi connectivity index (χ1) is 7.25. The first kappa shape index (κ1) is 9.66. The molecule has 2 aromatic rings. The smallest absolute Gasteiger partial charge is 0.269 e. The third-order valence-corrected chi connectivity index (χ3v) is 2.53. The number of aromatic nitrogens is 3. The van der Waals surface area contributed by atoms with Gasteiger partial charge in [-0.05, 0) is 0 Å². The summed E-state index contributed by atoms with van der Waals surface area (Å²) in [5.41, 5.74) is 7.45. The number of nitrogen functional groups attached to an aromatic ring is 1. The number of amides is 1. The number of H-pyrrole nitrogens is 1. The first-order valence-corrected chi connectivity index (χ1v) is 5.10. The second-order valence-corrected chi connectivity index (χ2v) is 3.83. The highest BCUT2D eigenvalue weighted by atomic mass is 32.1. The highest BCUT2D eigenvalue weighted by molar-refractivity contribution is 7.09. The molecule has 0 bridgehead atoms. The Morgan fingerprint density at radius 1 is 1.67 bits per heavy atom. The molecule has 0 aliphatic rings. The Hall–Kier alpha value is -1.89. The number of hydrogen-bond acceptors (Lipinski definition) is 5. The van der Waals surface area contributed by atoms with Crippen molar-refractivity contribution in [3.8, 4) is 0 Å². The summed E-state index contributed by atoms with van der Waals surface area (Å²) in [5, 5.41) is 8.92. The lowest BCUT2D eigenvalue weighted by atomic mass is 10.4. The molecule has 0 fully saturated rings. The molecule has 2 heterocycles. The van der Waals surface area contributed by atoms with Crippen LogP contribution in [0.25, 0.3) is 0 Å². The summed E-state index contributed by atoms with van der Waals surface area (Å²) in [5.74, 6) is 0.0746. The highest BCUT2D eigenvalue weighted by Crippen LogP contribution is 2.05. The largest absolute Gasteiger partial charge is 0.382 e. The van der Waals surface area contributed by atoms with Gasteiger partial charge in [0.2, 0.25) is 0 Å². The SMILES string of the molecule is Nc1cc(C(=O)NCc2cncs2)[nH]n1. The molecule has 0 spiro atoms. The summed E-state index contributed by atoms with van der Waals surface area (Å²) in [4.78, 5) is 16.4. The highest BCUT2D eigenvalue weighted by Gasteiger charge is 2.08. The number of thiazole rings is 1. The van der Waals surface area contributed by atoms with E-state index in [1.165, 1.54) is 17.4 Å². The van der Waals surface area contributed by atoms with Gasteiger partial charge in [-0.2, -0.15) is 5.10 Å². The van der Waals surface area contributed by atoms with Crippen LogP contribution in [0.5, 0.6) is 0 Å². The van der Waals surface area contributed by atoms with E-state index in [4.69, 9.17) is 5.73 Å². The molecule has 0 atom stereocenters. The van der Waals surface area contributed by atoms with Crippen molar-refractivity contribution < 1.29 is 4.79 Å². The van der Waals surface area contributed by atoms with E-state index in [0.717, 1.165) is 4.88 Å². The molecule has 2 aromatic heterocycles. The average Bonchev–Trinajstić information content (AvgIpc) is 2.84. The van der Waals surface area contributed by atoms with Gasteiger partial charge in [0.1, 0.15) is 11.5 Å². The molecular formula is C8H9N5OS. The van der Waals surface area contributed by atoms with Gasteiger partial charge in [-0.25, -0.2) is 0 Å². The van der Waals surface area contributed by atoms with Gasteiger partial charge in [0.05, 0.1) is 12.1 Å². The molecule has 6 nitrogen and oxygen atoms in total. The van der Waals surface area contributed by atoms with Crippen LogP contribution in [0.4, 0.5) is 5.82 Å². The van der Waals surface area contributed by atoms with E-state index in [0.29, 0.717) is 18.1 Å². The lowest BCUT2D eigenvalue weighted by Gasteiger charge is -1.99. The Kier molecular flexibility index (Phi) is 2.64. The van der Waals surface area contributed by atoms with Gasteiger partial charge in [0.25, 0.3) is 5.91 Å². The van der Waals surface area contributed by atoms with Crippen LogP contribution in [-0.2, 0) is 6.54 Å². The van der Waals surface area contributed by atoms with Crippen LogP contribution >= 0.6 is 11.3 Å². The van der Waals surface area contributed by atoms with Gasteiger partial charge in [0.15, 0.2) is 0 Å². The maximum absolute atomic E-state index is 11.5. The number of rotatable bonds is 3.